The Labute approximate surface area is 123 Å². The normalized spacial score (nSPS) is 19.4. The number of ether oxygens (including phenoxy) is 2. The van der Waals surface area contributed by atoms with Crippen LogP contribution in [0.3, 0.4) is 0 Å². The van der Waals surface area contributed by atoms with Gasteiger partial charge < -0.3 is 9.47 Å². The summed E-state index contributed by atoms with van der Waals surface area (Å²) in [7, 11) is 0. The van der Waals surface area contributed by atoms with Gasteiger partial charge in [0.1, 0.15) is 11.7 Å². The van der Waals surface area contributed by atoms with Gasteiger partial charge in [-0.2, -0.15) is 0 Å². The zero-order valence-corrected chi connectivity index (χ0v) is 13.5. The number of hydrogen-bond donors (Lipinski definition) is 0. The molecule has 1 rings (SSSR count). The molecule has 0 unspecified atom stereocenters. The van der Waals surface area contributed by atoms with E-state index in [0.717, 1.165) is 12.8 Å². The maximum absolute atomic E-state index is 11.9. The van der Waals surface area contributed by atoms with Gasteiger partial charge in [0, 0.05) is 0 Å². The number of carbonyl (C=O) groups excluding carboxylic acids is 1. The third-order valence-corrected chi connectivity index (χ3v) is 3.60. The van der Waals surface area contributed by atoms with E-state index in [1.54, 1.807) is 0 Å². The van der Waals surface area contributed by atoms with Crippen molar-refractivity contribution < 1.29 is 14.3 Å². The molecule has 0 heterocycles. The highest BCUT2D eigenvalue weighted by Crippen LogP contribution is 2.31. The van der Waals surface area contributed by atoms with Crippen molar-refractivity contribution in [3.63, 3.8) is 0 Å². The molecule has 0 radical (unpaired) electrons. The van der Waals surface area contributed by atoms with E-state index in [4.69, 9.17) is 9.47 Å². The Morgan fingerprint density at radius 2 is 1.80 bits per heavy atom. The summed E-state index contributed by atoms with van der Waals surface area (Å²) in [4.78, 5) is 11.9. The van der Waals surface area contributed by atoms with E-state index in [9.17, 15) is 4.79 Å². The summed E-state index contributed by atoms with van der Waals surface area (Å²) >= 11 is 0. The highest BCUT2D eigenvalue weighted by atomic mass is 16.7. The molecule has 1 aliphatic carbocycles. The first kappa shape index (κ1) is 16.9. The van der Waals surface area contributed by atoms with Crippen molar-refractivity contribution in [2.75, 3.05) is 0 Å². The molecular weight excluding hydrogens is 252 g/mol. The number of carbonyl (C=O) groups is 1. The maximum atomic E-state index is 11.9. The molecule has 0 aromatic heterocycles. The van der Waals surface area contributed by atoms with Crippen LogP contribution in [0.4, 0.5) is 4.79 Å². The minimum Gasteiger partial charge on any atom is -0.429 e. The number of hydrogen-bond acceptors (Lipinski definition) is 3. The molecule has 1 fully saturated rings. The Bertz CT molecular complexity index is 364. The predicted octanol–water partition coefficient (Wildman–Crippen LogP) is 4.55. The van der Waals surface area contributed by atoms with Crippen LogP contribution < -0.4 is 0 Å². The summed E-state index contributed by atoms with van der Waals surface area (Å²) in [6.07, 6.45) is 5.21. The minimum absolute atomic E-state index is 0.0515. The largest absolute Gasteiger partial charge is 0.509 e. The average Bonchev–Trinajstić information content (AvgIpc) is 2.35. The molecule has 0 spiro atoms. The van der Waals surface area contributed by atoms with E-state index in [-0.39, 0.29) is 12.0 Å². The molecule has 1 aliphatic rings. The fourth-order valence-corrected chi connectivity index (χ4v) is 2.76. The van der Waals surface area contributed by atoms with Gasteiger partial charge in [-0.15, -0.1) is 5.92 Å². The summed E-state index contributed by atoms with van der Waals surface area (Å²) in [6.45, 7) is 9.39. The second-order valence-corrected chi connectivity index (χ2v) is 6.63. The SMILES string of the molecule is CC#C[C@@H](C)[C@@H](OC(=O)OC(C)(C)C)C1CCCCC1. The van der Waals surface area contributed by atoms with Gasteiger partial charge in [-0.25, -0.2) is 4.79 Å². The Hall–Kier alpha value is -1.17. The van der Waals surface area contributed by atoms with Crippen LogP contribution in [0, 0.1) is 23.7 Å². The molecule has 3 nitrogen and oxygen atoms in total. The lowest BCUT2D eigenvalue weighted by Crippen LogP contribution is -2.36. The lowest BCUT2D eigenvalue weighted by Gasteiger charge is -2.32. The van der Waals surface area contributed by atoms with E-state index in [0.29, 0.717) is 5.92 Å². The van der Waals surface area contributed by atoms with Crippen LogP contribution in [0.5, 0.6) is 0 Å². The standard InChI is InChI=1S/C17H28O3/c1-6-10-13(2)15(14-11-8-7-9-12-14)19-16(18)20-17(3,4)5/h13-15H,7-9,11-12H2,1-5H3/t13-,15-/m1/s1. The first-order valence-corrected chi connectivity index (χ1v) is 7.65. The molecule has 0 aliphatic heterocycles. The Morgan fingerprint density at radius 3 is 2.30 bits per heavy atom. The Kier molecular flexibility index (Phi) is 6.39. The van der Waals surface area contributed by atoms with Gasteiger partial charge in [0.05, 0.1) is 5.92 Å². The van der Waals surface area contributed by atoms with Gasteiger partial charge in [-0.05, 0) is 53.4 Å². The summed E-state index contributed by atoms with van der Waals surface area (Å²) in [5.41, 5.74) is -0.520. The Morgan fingerprint density at radius 1 is 1.20 bits per heavy atom. The van der Waals surface area contributed by atoms with Crippen LogP contribution in [-0.4, -0.2) is 17.9 Å². The maximum Gasteiger partial charge on any atom is 0.509 e. The third kappa shape index (κ3) is 5.86. The summed E-state index contributed by atoms with van der Waals surface area (Å²) in [6, 6.07) is 0. The van der Waals surface area contributed by atoms with E-state index in [1.807, 2.05) is 34.6 Å². The van der Waals surface area contributed by atoms with Crippen LogP contribution in [0.1, 0.15) is 66.7 Å². The molecule has 0 aromatic carbocycles. The van der Waals surface area contributed by atoms with Gasteiger partial charge in [-0.1, -0.05) is 25.2 Å². The molecule has 0 bridgehead atoms. The summed E-state index contributed by atoms with van der Waals surface area (Å²) < 4.78 is 10.9. The monoisotopic (exact) mass is 280 g/mol. The zero-order valence-electron chi connectivity index (χ0n) is 13.5. The van der Waals surface area contributed by atoms with Crippen LogP contribution in [-0.2, 0) is 9.47 Å². The molecule has 114 valence electrons. The van der Waals surface area contributed by atoms with Gasteiger partial charge in [0.25, 0.3) is 0 Å². The van der Waals surface area contributed by atoms with Crippen molar-refractivity contribution in [3.8, 4) is 11.8 Å². The topological polar surface area (TPSA) is 35.5 Å². The quantitative estimate of drug-likeness (QED) is 0.562. The van der Waals surface area contributed by atoms with E-state index in [2.05, 4.69) is 11.8 Å². The van der Waals surface area contributed by atoms with Crippen LogP contribution in [0.2, 0.25) is 0 Å². The van der Waals surface area contributed by atoms with Crippen molar-refractivity contribution in [2.45, 2.75) is 78.4 Å². The van der Waals surface area contributed by atoms with E-state index >= 15 is 0 Å². The van der Waals surface area contributed by atoms with Crippen molar-refractivity contribution in [2.24, 2.45) is 11.8 Å². The van der Waals surface area contributed by atoms with Crippen molar-refractivity contribution >= 4 is 6.16 Å². The van der Waals surface area contributed by atoms with Crippen LogP contribution in [0.25, 0.3) is 0 Å². The molecular formula is C17H28O3. The van der Waals surface area contributed by atoms with Crippen molar-refractivity contribution in [3.05, 3.63) is 0 Å². The fraction of sp³-hybridized carbons (Fsp3) is 0.824. The van der Waals surface area contributed by atoms with E-state index in [1.165, 1.54) is 19.3 Å². The van der Waals surface area contributed by atoms with Gasteiger partial charge >= 0.3 is 6.16 Å². The molecule has 0 N–H and O–H groups in total. The summed E-state index contributed by atoms with van der Waals surface area (Å²) in [5.74, 6) is 6.52. The predicted molar refractivity (Wildman–Crippen MR) is 80.3 cm³/mol. The minimum atomic E-state index is -0.571. The molecule has 0 amide bonds. The van der Waals surface area contributed by atoms with Gasteiger partial charge in [0.15, 0.2) is 0 Å². The molecule has 3 heteroatoms. The first-order valence-electron chi connectivity index (χ1n) is 7.65. The van der Waals surface area contributed by atoms with Crippen molar-refractivity contribution in [1.29, 1.82) is 0 Å². The van der Waals surface area contributed by atoms with E-state index < -0.39 is 11.8 Å². The molecule has 0 aromatic rings. The zero-order chi connectivity index (χ0) is 15.2. The van der Waals surface area contributed by atoms with Crippen LogP contribution >= 0.6 is 0 Å². The first-order chi connectivity index (χ1) is 9.33. The summed E-state index contributed by atoms with van der Waals surface area (Å²) in [5, 5.41) is 0. The molecule has 1 saturated carbocycles. The molecule has 0 saturated heterocycles. The van der Waals surface area contributed by atoms with Crippen LogP contribution in [0.15, 0.2) is 0 Å². The second kappa shape index (κ2) is 7.57. The lowest BCUT2D eigenvalue weighted by molar-refractivity contribution is -0.0518. The highest BCUT2D eigenvalue weighted by Gasteiger charge is 2.32. The lowest BCUT2D eigenvalue weighted by atomic mass is 9.81. The highest BCUT2D eigenvalue weighted by molar-refractivity contribution is 5.60. The molecule has 2 atom stereocenters. The third-order valence-electron chi connectivity index (χ3n) is 3.60. The van der Waals surface area contributed by atoms with Gasteiger partial charge in [0.2, 0.25) is 0 Å². The smallest absolute Gasteiger partial charge is 0.429 e. The fourth-order valence-electron chi connectivity index (χ4n) is 2.76. The Balaban J connectivity index is 2.70. The van der Waals surface area contributed by atoms with Crippen molar-refractivity contribution in [1.82, 2.24) is 0 Å². The van der Waals surface area contributed by atoms with Gasteiger partial charge in [-0.3, -0.25) is 0 Å². The number of rotatable bonds is 3. The molecule has 20 heavy (non-hydrogen) atoms. The second-order valence-electron chi connectivity index (χ2n) is 6.63. The average molecular weight is 280 g/mol.